The molecule has 3 saturated heterocycles. The van der Waals surface area contributed by atoms with Crippen LogP contribution in [-0.4, -0.2) is 50.3 Å². The van der Waals surface area contributed by atoms with E-state index in [9.17, 15) is 0 Å². The Morgan fingerprint density at radius 2 is 1.71 bits per heavy atom. The first-order valence-corrected chi connectivity index (χ1v) is 10.1. The first-order valence-electron chi connectivity index (χ1n) is 10.1. The largest absolute Gasteiger partial charge is 0.339 e. The SMILES string of the molecule is c1cnc(N2C[C@@H]3CC[C@H](C2)N(Cc2cccc(Cn4cccn4)c2)C3)nc1. The molecule has 3 fully saturated rings. The Morgan fingerprint density at radius 3 is 2.54 bits per heavy atom. The fraction of sp³-hybridized carbons (Fsp3) is 0.409. The number of hydrogen-bond donors (Lipinski definition) is 0. The lowest BCUT2D eigenvalue weighted by molar-refractivity contribution is 0.126. The van der Waals surface area contributed by atoms with Crippen molar-refractivity contribution in [2.24, 2.45) is 5.92 Å². The molecule has 1 aromatic carbocycles. The van der Waals surface area contributed by atoms with Crippen LogP contribution in [0, 0.1) is 5.92 Å². The van der Waals surface area contributed by atoms with Gasteiger partial charge in [-0.2, -0.15) is 5.10 Å². The van der Waals surface area contributed by atoms with Crippen molar-refractivity contribution >= 4 is 5.95 Å². The van der Waals surface area contributed by atoms with Crippen LogP contribution in [0.15, 0.2) is 61.2 Å². The van der Waals surface area contributed by atoms with Gasteiger partial charge in [-0.3, -0.25) is 9.58 Å². The molecule has 0 spiro atoms. The Hall–Kier alpha value is -2.73. The molecule has 6 heteroatoms. The molecule has 3 aliphatic heterocycles. The van der Waals surface area contributed by atoms with E-state index in [1.54, 1.807) is 0 Å². The predicted octanol–water partition coefficient (Wildman–Crippen LogP) is 2.82. The zero-order valence-electron chi connectivity index (χ0n) is 16.1. The average molecular weight is 374 g/mol. The average Bonchev–Trinajstić information content (AvgIpc) is 3.06. The van der Waals surface area contributed by atoms with Gasteiger partial charge < -0.3 is 4.90 Å². The maximum absolute atomic E-state index is 4.48. The van der Waals surface area contributed by atoms with E-state index in [0.29, 0.717) is 12.0 Å². The summed E-state index contributed by atoms with van der Waals surface area (Å²) in [4.78, 5) is 14.0. The van der Waals surface area contributed by atoms with Crippen molar-refractivity contribution in [3.05, 3.63) is 72.3 Å². The first-order chi connectivity index (χ1) is 13.8. The van der Waals surface area contributed by atoms with E-state index in [2.05, 4.69) is 49.1 Å². The van der Waals surface area contributed by atoms with Crippen molar-refractivity contribution in [3.8, 4) is 0 Å². The molecule has 6 rings (SSSR count). The second-order valence-corrected chi connectivity index (χ2v) is 8.00. The lowest BCUT2D eigenvalue weighted by Gasteiger charge is -2.36. The van der Waals surface area contributed by atoms with Gasteiger partial charge >= 0.3 is 0 Å². The number of aromatic nitrogens is 4. The third-order valence-corrected chi connectivity index (χ3v) is 5.94. The van der Waals surface area contributed by atoms with Crippen LogP contribution in [0.25, 0.3) is 0 Å². The molecule has 0 aliphatic carbocycles. The van der Waals surface area contributed by atoms with Gasteiger partial charge in [0.15, 0.2) is 0 Å². The van der Waals surface area contributed by atoms with Gasteiger partial charge in [0.05, 0.1) is 6.54 Å². The smallest absolute Gasteiger partial charge is 0.225 e. The molecular weight excluding hydrogens is 348 g/mol. The highest BCUT2D eigenvalue weighted by Crippen LogP contribution is 2.30. The summed E-state index contributed by atoms with van der Waals surface area (Å²) in [5, 5.41) is 4.33. The summed E-state index contributed by atoms with van der Waals surface area (Å²) in [7, 11) is 0. The topological polar surface area (TPSA) is 50.1 Å². The summed E-state index contributed by atoms with van der Waals surface area (Å²) >= 11 is 0. The second-order valence-electron chi connectivity index (χ2n) is 8.00. The summed E-state index contributed by atoms with van der Waals surface area (Å²) in [5.74, 6) is 1.57. The van der Waals surface area contributed by atoms with Gasteiger partial charge in [-0.15, -0.1) is 0 Å². The molecule has 3 aliphatic rings. The molecule has 144 valence electrons. The van der Waals surface area contributed by atoms with Crippen molar-refractivity contribution in [2.45, 2.75) is 32.0 Å². The van der Waals surface area contributed by atoms with Crippen LogP contribution in [0.1, 0.15) is 24.0 Å². The molecule has 2 atom stereocenters. The Kier molecular flexibility index (Phi) is 4.79. The number of rotatable bonds is 5. The molecule has 0 N–H and O–H groups in total. The van der Waals surface area contributed by atoms with Crippen molar-refractivity contribution in [1.29, 1.82) is 0 Å². The van der Waals surface area contributed by atoms with E-state index in [1.165, 1.54) is 24.0 Å². The highest BCUT2D eigenvalue weighted by atomic mass is 15.3. The highest BCUT2D eigenvalue weighted by Gasteiger charge is 2.35. The Bertz CT molecular complexity index is 894. The van der Waals surface area contributed by atoms with Crippen molar-refractivity contribution in [1.82, 2.24) is 24.6 Å². The summed E-state index contributed by atoms with van der Waals surface area (Å²) < 4.78 is 1.98. The van der Waals surface area contributed by atoms with E-state index in [0.717, 1.165) is 38.7 Å². The molecule has 6 nitrogen and oxygen atoms in total. The van der Waals surface area contributed by atoms with E-state index >= 15 is 0 Å². The van der Waals surface area contributed by atoms with Crippen LogP contribution < -0.4 is 4.90 Å². The molecule has 0 amide bonds. The number of benzene rings is 1. The van der Waals surface area contributed by atoms with E-state index in [4.69, 9.17) is 0 Å². The zero-order chi connectivity index (χ0) is 18.8. The van der Waals surface area contributed by atoms with Crippen LogP contribution in [0.3, 0.4) is 0 Å². The van der Waals surface area contributed by atoms with Gasteiger partial charge in [-0.25, -0.2) is 9.97 Å². The molecule has 0 radical (unpaired) electrons. The maximum Gasteiger partial charge on any atom is 0.225 e. The van der Waals surface area contributed by atoms with Crippen molar-refractivity contribution < 1.29 is 0 Å². The standard InChI is InChI=1S/C22H26N6/c1-4-18(12-19(5-1)16-28-11-3-10-25-28)13-26-14-20-6-7-21(26)17-27(15-20)22-23-8-2-9-24-22/h1-5,8-12,20-21H,6-7,13-17H2/t20-,21-/m1/s1. The minimum absolute atomic E-state index is 0.567. The van der Waals surface area contributed by atoms with Crippen LogP contribution in [0.2, 0.25) is 0 Å². The Labute approximate surface area is 165 Å². The number of hydrogen-bond acceptors (Lipinski definition) is 5. The fourth-order valence-corrected chi connectivity index (χ4v) is 4.63. The van der Waals surface area contributed by atoms with Gasteiger partial charge in [0, 0.05) is 57.0 Å². The molecule has 5 heterocycles. The van der Waals surface area contributed by atoms with Crippen LogP contribution in [0.4, 0.5) is 5.95 Å². The summed E-state index contributed by atoms with van der Waals surface area (Å²) in [6.07, 6.45) is 10.1. The number of fused-ring (bicyclic) bond motifs is 4. The van der Waals surface area contributed by atoms with Gasteiger partial charge in [-0.05, 0) is 42.0 Å². The third-order valence-electron chi connectivity index (χ3n) is 5.94. The maximum atomic E-state index is 4.48. The molecule has 0 saturated carbocycles. The normalized spacial score (nSPS) is 22.4. The summed E-state index contributed by atoms with van der Waals surface area (Å²) in [5.41, 5.74) is 2.69. The molecule has 2 aromatic heterocycles. The lowest BCUT2D eigenvalue weighted by atomic mass is 9.94. The second kappa shape index (κ2) is 7.72. The zero-order valence-corrected chi connectivity index (χ0v) is 16.1. The molecule has 0 unspecified atom stereocenters. The monoisotopic (exact) mass is 374 g/mol. The van der Waals surface area contributed by atoms with Crippen molar-refractivity contribution in [2.75, 3.05) is 24.5 Å². The first kappa shape index (κ1) is 17.4. The van der Waals surface area contributed by atoms with Gasteiger partial charge in [0.1, 0.15) is 0 Å². The molecule has 28 heavy (non-hydrogen) atoms. The predicted molar refractivity (Wildman–Crippen MR) is 109 cm³/mol. The van der Waals surface area contributed by atoms with Gasteiger partial charge in [-0.1, -0.05) is 24.3 Å². The Balaban J connectivity index is 1.30. The summed E-state index contributed by atoms with van der Waals surface area (Å²) in [6, 6.07) is 13.4. The third kappa shape index (κ3) is 3.78. The van der Waals surface area contributed by atoms with E-state index in [-0.39, 0.29) is 0 Å². The lowest BCUT2D eigenvalue weighted by Crippen LogP contribution is -2.43. The van der Waals surface area contributed by atoms with Crippen LogP contribution >= 0.6 is 0 Å². The number of piperidine rings is 1. The van der Waals surface area contributed by atoms with E-state index < -0.39 is 0 Å². The highest BCUT2D eigenvalue weighted by molar-refractivity contribution is 5.31. The summed E-state index contributed by atoms with van der Waals surface area (Å²) in [6.45, 7) is 5.09. The van der Waals surface area contributed by atoms with Gasteiger partial charge in [0.25, 0.3) is 0 Å². The van der Waals surface area contributed by atoms with Gasteiger partial charge in [0.2, 0.25) is 5.95 Å². The van der Waals surface area contributed by atoms with Crippen LogP contribution in [-0.2, 0) is 13.1 Å². The molecular formula is C22H26N6. The minimum atomic E-state index is 0.567. The minimum Gasteiger partial charge on any atom is -0.339 e. The van der Waals surface area contributed by atoms with Crippen molar-refractivity contribution in [3.63, 3.8) is 0 Å². The fourth-order valence-electron chi connectivity index (χ4n) is 4.63. The molecule has 3 aromatic rings. The number of anilines is 1. The quantitative estimate of drug-likeness (QED) is 0.687. The number of nitrogens with zero attached hydrogens (tertiary/aromatic N) is 6. The van der Waals surface area contributed by atoms with Crippen LogP contribution in [0.5, 0.6) is 0 Å². The Morgan fingerprint density at radius 1 is 0.857 bits per heavy atom. The van der Waals surface area contributed by atoms with E-state index in [1.807, 2.05) is 41.6 Å². The molecule has 2 bridgehead atoms.